The van der Waals surface area contributed by atoms with Crippen molar-refractivity contribution >= 4 is 17.7 Å². The number of rotatable bonds is 24. The van der Waals surface area contributed by atoms with Crippen LogP contribution in [0.1, 0.15) is 124 Å². The van der Waals surface area contributed by atoms with Crippen LogP contribution in [0.25, 0.3) is 0 Å². The fourth-order valence-electron chi connectivity index (χ4n) is 8.69. The summed E-state index contributed by atoms with van der Waals surface area (Å²) in [5, 5.41) is 18.4. The number of ether oxygens (including phenoxy) is 4. The van der Waals surface area contributed by atoms with Crippen molar-refractivity contribution in [3.63, 3.8) is 0 Å². The normalized spacial score (nSPS) is 21.8. The van der Waals surface area contributed by atoms with E-state index in [2.05, 4.69) is 140 Å². The van der Waals surface area contributed by atoms with Crippen LogP contribution in [0.2, 0.25) is 0 Å². The molecule has 0 fully saturated rings. The van der Waals surface area contributed by atoms with E-state index in [9.17, 15) is 9.59 Å². The molecule has 63 heavy (non-hydrogen) atoms. The van der Waals surface area contributed by atoms with Crippen molar-refractivity contribution in [1.29, 1.82) is 0 Å². The summed E-state index contributed by atoms with van der Waals surface area (Å²) in [7, 11) is 0. The maximum absolute atomic E-state index is 13.2. The number of carbonyl (C=O) groups excluding carboxylic acids is 2. The Balaban J connectivity index is 1.43. The molecule has 0 heterocycles. The van der Waals surface area contributed by atoms with Gasteiger partial charge in [-0.3, -0.25) is 0 Å². The lowest BCUT2D eigenvalue weighted by atomic mass is 9.70. The SMILES string of the molecule is CCC(COCCOCCO)C1(NC(N)=O)C(Cc2ccc(CNC(=O)Nc3cc(C(C)(C)C)cc(C(C)(C)C)c3)cc2)=CC(OCCOCCCCC2(C)C=CC(C)=CC2)C1C. The summed E-state index contributed by atoms with van der Waals surface area (Å²) in [6.07, 6.45) is 14.4. The topological polar surface area (TPSA) is 153 Å². The van der Waals surface area contributed by atoms with E-state index in [0.717, 1.165) is 48.1 Å². The fraction of sp³-hybridized carbons (Fsp3) is 0.615. The molecule has 350 valence electrons. The number of nitrogens with one attached hydrogen (secondary N) is 3. The molecule has 11 heteroatoms. The van der Waals surface area contributed by atoms with Crippen LogP contribution in [0.3, 0.4) is 0 Å². The van der Waals surface area contributed by atoms with Crippen LogP contribution in [-0.2, 0) is 42.7 Å². The van der Waals surface area contributed by atoms with Crippen LogP contribution in [-0.4, -0.2) is 81.7 Å². The number of allylic oxidation sites excluding steroid dienone is 4. The summed E-state index contributed by atoms with van der Waals surface area (Å²) < 4.78 is 24.1. The van der Waals surface area contributed by atoms with Crippen molar-refractivity contribution in [3.8, 4) is 0 Å². The molecular formula is C52H80N4O7. The van der Waals surface area contributed by atoms with Crippen molar-refractivity contribution in [2.24, 2.45) is 23.0 Å². The van der Waals surface area contributed by atoms with Gasteiger partial charge in [-0.25, -0.2) is 9.59 Å². The van der Waals surface area contributed by atoms with Crippen molar-refractivity contribution in [1.82, 2.24) is 10.6 Å². The molecule has 5 unspecified atom stereocenters. The van der Waals surface area contributed by atoms with Gasteiger partial charge in [-0.05, 0) is 95.2 Å². The second-order valence-corrected chi connectivity index (χ2v) is 20.0. The number of benzene rings is 2. The first kappa shape index (κ1) is 51.6. The van der Waals surface area contributed by atoms with E-state index in [1.54, 1.807) is 0 Å². The molecule has 2 aliphatic carbocycles. The molecule has 0 bridgehead atoms. The molecule has 0 aliphatic heterocycles. The van der Waals surface area contributed by atoms with Gasteiger partial charge < -0.3 is 45.7 Å². The van der Waals surface area contributed by atoms with Crippen LogP contribution < -0.4 is 21.7 Å². The summed E-state index contributed by atoms with van der Waals surface area (Å²) in [5.41, 5.74) is 12.7. The smallest absolute Gasteiger partial charge is 0.319 e. The van der Waals surface area contributed by atoms with Crippen molar-refractivity contribution < 1.29 is 33.6 Å². The van der Waals surface area contributed by atoms with Gasteiger partial charge in [0.2, 0.25) is 0 Å². The van der Waals surface area contributed by atoms with Gasteiger partial charge in [-0.15, -0.1) is 0 Å². The molecule has 2 aromatic rings. The highest BCUT2D eigenvalue weighted by atomic mass is 16.5. The number of aliphatic hydroxyl groups excluding tert-OH is 1. The zero-order valence-corrected chi connectivity index (χ0v) is 40.2. The van der Waals surface area contributed by atoms with Crippen molar-refractivity contribution in [2.75, 3.05) is 58.2 Å². The van der Waals surface area contributed by atoms with Gasteiger partial charge in [0.1, 0.15) is 0 Å². The number of unbranched alkanes of at least 4 members (excludes halogenated alkanes) is 1. The predicted molar refractivity (Wildman–Crippen MR) is 255 cm³/mol. The second kappa shape index (κ2) is 23.8. The first-order chi connectivity index (χ1) is 29.8. The first-order valence-corrected chi connectivity index (χ1v) is 23.2. The maximum Gasteiger partial charge on any atom is 0.319 e. The summed E-state index contributed by atoms with van der Waals surface area (Å²) in [6, 6.07) is 13.7. The van der Waals surface area contributed by atoms with Gasteiger partial charge >= 0.3 is 12.1 Å². The Hall–Kier alpha value is -4.00. The molecule has 0 spiro atoms. The molecule has 0 radical (unpaired) electrons. The minimum atomic E-state index is -0.842. The number of hydrogen-bond acceptors (Lipinski definition) is 7. The average Bonchev–Trinajstić information content (AvgIpc) is 3.47. The molecule has 0 saturated heterocycles. The van der Waals surface area contributed by atoms with Gasteiger partial charge in [0.15, 0.2) is 0 Å². The van der Waals surface area contributed by atoms with E-state index in [1.807, 2.05) is 12.1 Å². The molecule has 0 saturated carbocycles. The summed E-state index contributed by atoms with van der Waals surface area (Å²) in [6.45, 7) is 25.0. The third-order valence-electron chi connectivity index (χ3n) is 12.8. The Morgan fingerprint density at radius 2 is 1.52 bits per heavy atom. The Morgan fingerprint density at radius 3 is 2.13 bits per heavy atom. The molecule has 4 amide bonds. The molecular weight excluding hydrogens is 793 g/mol. The lowest BCUT2D eigenvalue weighted by Crippen LogP contribution is -2.61. The highest BCUT2D eigenvalue weighted by molar-refractivity contribution is 5.89. The zero-order chi connectivity index (χ0) is 46.3. The highest BCUT2D eigenvalue weighted by Gasteiger charge is 2.53. The first-order valence-electron chi connectivity index (χ1n) is 23.2. The number of carbonyl (C=O) groups is 2. The Labute approximate surface area is 379 Å². The minimum Gasteiger partial charge on any atom is -0.394 e. The van der Waals surface area contributed by atoms with Gasteiger partial charge in [-0.2, -0.15) is 0 Å². The number of urea groups is 2. The highest BCUT2D eigenvalue weighted by Crippen LogP contribution is 2.46. The number of amides is 4. The van der Waals surface area contributed by atoms with Crippen molar-refractivity contribution in [3.05, 3.63) is 100 Å². The molecule has 2 aromatic carbocycles. The molecule has 4 rings (SSSR count). The van der Waals surface area contributed by atoms with Gasteiger partial charge in [0.05, 0.1) is 57.9 Å². The zero-order valence-electron chi connectivity index (χ0n) is 40.2. The van der Waals surface area contributed by atoms with E-state index < -0.39 is 11.6 Å². The third kappa shape index (κ3) is 15.6. The van der Waals surface area contributed by atoms with E-state index in [0.29, 0.717) is 59.0 Å². The Bertz CT molecular complexity index is 1830. The van der Waals surface area contributed by atoms with Crippen LogP contribution in [0.15, 0.2) is 77.9 Å². The Morgan fingerprint density at radius 1 is 0.889 bits per heavy atom. The number of primary amides is 1. The molecule has 2 aliphatic rings. The lowest BCUT2D eigenvalue weighted by Gasteiger charge is -2.44. The summed E-state index contributed by atoms with van der Waals surface area (Å²) >= 11 is 0. The fourth-order valence-corrected chi connectivity index (χ4v) is 8.69. The van der Waals surface area contributed by atoms with E-state index in [1.165, 1.54) is 16.7 Å². The van der Waals surface area contributed by atoms with Crippen LogP contribution >= 0.6 is 0 Å². The van der Waals surface area contributed by atoms with Crippen molar-refractivity contribution in [2.45, 2.75) is 137 Å². The molecule has 0 aromatic heterocycles. The summed E-state index contributed by atoms with van der Waals surface area (Å²) in [4.78, 5) is 26.1. The molecule has 6 N–H and O–H groups in total. The monoisotopic (exact) mass is 873 g/mol. The van der Waals surface area contributed by atoms with Gasteiger partial charge in [0.25, 0.3) is 0 Å². The maximum atomic E-state index is 13.2. The standard InChI is InChI=1S/C52H80N4O7/c1-11-41(36-62-27-26-61-25-23-57)52(56-47(53)58)38(3)46(63-29-28-60-24-13-12-20-51(10)21-18-37(2)19-22-51)34-44(52)30-39-14-16-40(17-15-39)35-54-48(59)55-45-32-42(49(4,5)6)31-43(33-45)50(7,8)9/h14-19,21,31-34,38,41,46,57H,11-13,20,22-30,35-36H2,1-10H3,(H3,53,56,58)(H2,54,55,59). The third-order valence-corrected chi connectivity index (χ3v) is 12.8. The van der Waals surface area contributed by atoms with Crippen LogP contribution in [0.4, 0.5) is 15.3 Å². The summed E-state index contributed by atoms with van der Waals surface area (Å²) in [5.74, 6) is -0.286. The Kier molecular flexibility index (Phi) is 19.5. The average molecular weight is 873 g/mol. The molecule has 5 atom stereocenters. The largest absolute Gasteiger partial charge is 0.394 e. The van der Waals surface area contributed by atoms with Gasteiger partial charge in [-0.1, -0.05) is 129 Å². The van der Waals surface area contributed by atoms with Crippen LogP contribution in [0.5, 0.6) is 0 Å². The van der Waals surface area contributed by atoms with E-state index >= 15 is 0 Å². The minimum absolute atomic E-state index is 0.0471. The second-order valence-electron chi connectivity index (χ2n) is 20.0. The van der Waals surface area contributed by atoms with Crippen LogP contribution in [0, 0.1) is 17.3 Å². The number of hydrogen-bond donors (Lipinski definition) is 5. The quantitative estimate of drug-likeness (QED) is 0.0520. The number of nitrogens with two attached hydrogens (primary N) is 1. The van der Waals surface area contributed by atoms with Gasteiger partial charge in [0, 0.05) is 30.7 Å². The number of aliphatic hydroxyl groups is 1. The molecule has 11 nitrogen and oxygen atoms in total. The number of anilines is 1. The lowest BCUT2D eigenvalue weighted by molar-refractivity contribution is -0.0255. The van der Waals surface area contributed by atoms with E-state index in [4.69, 9.17) is 29.8 Å². The van der Waals surface area contributed by atoms with E-state index in [-0.39, 0.29) is 53.4 Å². The predicted octanol–water partition coefficient (Wildman–Crippen LogP) is 9.67.